The summed E-state index contributed by atoms with van der Waals surface area (Å²) in [6.07, 6.45) is 2.80. The summed E-state index contributed by atoms with van der Waals surface area (Å²) in [5.41, 5.74) is 0. The summed E-state index contributed by atoms with van der Waals surface area (Å²) >= 11 is 0. The zero-order valence-electron chi connectivity index (χ0n) is 13.0. The van der Waals surface area contributed by atoms with Crippen molar-refractivity contribution in [3.05, 3.63) is 18.3 Å². The van der Waals surface area contributed by atoms with Gasteiger partial charge in [-0.05, 0) is 12.5 Å². The molecule has 1 aromatic heterocycles. The Bertz CT molecular complexity index is 363. The normalized spacial score (nSPS) is 10.6. The molecule has 0 aliphatic carbocycles. The van der Waals surface area contributed by atoms with Crippen molar-refractivity contribution in [2.45, 2.75) is 13.3 Å². The Morgan fingerprint density at radius 1 is 1.05 bits per heavy atom. The fourth-order valence-electron chi connectivity index (χ4n) is 1.53. The molecule has 1 N–H and O–H groups in total. The highest BCUT2D eigenvalue weighted by Crippen LogP contribution is 2.14. The van der Waals surface area contributed by atoms with Crippen LogP contribution in [0.2, 0.25) is 0 Å². The van der Waals surface area contributed by atoms with Crippen LogP contribution in [-0.2, 0) is 14.2 Å². The van der Waals surface area contributed by atoms with Crippen molar-refractivity contribution in [2.75, 3.05) is 58.6 Å². The molecule has 1 heterocycles. The van der Waals surface area contributed by atoms with Crippen LogP contribution < -0.4 is 10.1 Å². The van der Waals surface area contributed by atoms with Crippen LogP contribution in [0.5, 0.6) is 5.75 Å². The molecule has 0 atom stereocenters. The lowest BCUT2D eigenvalue weighted by Gasteiger charge is -2.09. The number of aromatic nitrogens is 1. The predicted octanol–water partition coefficient (Wildman–Crippen LogP) is 1.96. The van der Waals surface area contributed by atoms with E-state index in [1.165, 1.54) is 0 Å². The van der Waals surface area contributed by atoms with E-state index in [4.69, 9.17) is 18.9 Å². The first-order chi connectivity index (χ1) is 10.4. The summed E-state index contributed by atoms with van der Waals surface area (Å²) in [5, 5.41) is 3.22. The van der Waals surface area contributed by atoms with E-state index in [1.807, 2.05) is 12.1 Å². The van der Waals surface area contributed by atoms with Crippen LogP contribution in [0.15, 0.2) is 18.3 Å². The molecule has 1 aromatic rings. The second-order valence-corrected chi connectivity index (χ2v) is 4.37. The van der Waals surface area contributed by atoms with Crippen molar-refractivity contribution in [3.8, 4) is 5.75 Å². The number of hydrogen-bond acceptors (Lipinski definition) is 6. The number of methoxy groups -OCH3 is 1. The fraction of sp³-hybridized carbons (Fsp3) is 0.667. The van der Waals surface area contributed by atoms with E-state index in [0.717, 1.165) is 24.5 Å². The van der Waals surface area contributed by atoms with Gasteiger partial charge in [0.1, 0.15) is 18.2 Å². The van der Waals surface area contributed by atoms with Gasteiger partial charge in [-0.2, -0.15) is 0 Å². The van der Waals surface area contributed by atoms with Gasteiger partial charge in [0.25, 0.3) is 0 Å². The molecule has 0 fully saturated rings. The summed E-state index contributed by atoms with van der Waals surface area (Å²) in [4.78, 5) is 4.22. The summed E-state index contributed by atoms with van der Waals surface area (Å²) < 4.78 is 21.2. The highest BCUT2D eigenvalue weighted by atomic mass is 16.6. The highest BCUT2D eigenvalue weighted by molar-refractivity contribution is 5.40. The molecule has 6 heteroatoms. The zero-order valence-corrected chi connectivity index (χ0v) is 13.0. The second kappa shape index (κ2) is 12.4. The fourth-order valence-corrected chi connectivity index (χ4v) is 1.53. The van der Waals surface area contributed by atoms with E-state index in [9.17, 15) is 0 Å². The number of nitrogens with one attached hydrogen (secondary N) is 1. The van der Waals surface area contributed by atoms with Gasteiger partial charge in [-0.1, -0.05) is 6.92 Å². The number of pyridine rings is 1. The minimum atomic E-state index is 0.509. The number of anilines is 1. The van der Waals surface area contributed by atoms with Crippen LogP contribution in [0.4, 0.5) is 5.82 Å². The first-order valence-corrected chi connectivity index (χ1v) is 7.34. The van der Waals surface area contributed by atoms with Gasteiger partial charge < -0.3 is 24.3 Å². The van der Waals surface area contributed by atoms with Crippen LogP contribution in [-0.4, -0.2) is 58.3 Å². The SMILES string of the molecule is CCCNc1cc(OCCOCCOCCOC)ccn1. The minimum Gasteiger partial charge on any atom is -0.491 e. The van der Waals surface area contributed by atoms with E-state index in [0.29, 0.717) is 39.6 Å². The monoisotopic (exact) mass is 298 g/mol. The molecule has 0 saturated carbocycles. The molecule has 6 nitrogen and oxygen atoms in total. The van der Waals surface area contributed by atoms with Gasteiger partial charge in [-0.3, -0.25) is 0 Å². The van der Waals surface area contributed by atoms with Crippen molar-refractivity contribution in [1.82, 2.24) is 4.98 Å². The maximum atomic E-state index is 5.61. The molecule has 1 rings (SSSR count). The maximum Gasteiger partial charge on any atom is 0.129 e. The summed E-state index contributed by atoms with van der Waals surface area (Å²) in [6, 6.07) is 3.73. The maximum absolute atomic E-state index is 5.61. The molecule has 0 bridgehead atoms. The van der Waals surface area contributed by atoms with E-state index >= 15 is 0 Å². The number of ether oxygens (including phenoxy) is 4. The summed E-state index contributed by atoms with van der Waals surface area (Å²) in [7, 11) is 1.65. The Hall–Kier alpha value is -1.37. The number of rotatable bonds is 13. The largest absolute Gasteiger partial charge is 0.491 e. The van der Waals surface area contributed by atoms with Crippen LogP contribution in [0.1, 0.15) is 13.3 Å². The van der Waals surface area contributed by atoms with Crippen LogP contribution >= 0.6 is 0 Å². The van der Waals surface area contributed by atoms with Gasteiger partial charge in [0.05, 0.1) is 33.0 Å². The molecule has 0 amide bonds. The third-order valence-electron chi connectivity index (χ3n) is 2.59. The van der Waals surface area contributed by atoms with E-state index in [-0.39, 0.29) is 0 Å². The Morgan fingerprint density at radius 2 is 1.76 bits per heavy atom. The molecule has 0 aliphatic rings. The summed E-state index contributed by atoms with van der Waals surface area (Å²) in [6.45, 7) is 6.41. The van der Waals surface area contributed by atoms with Crippen molar-refractivity contribution in [3.63, 3.8) is 0 Å². The minimum absolute atomic E-state index is 0.509. The van der Waals surface area contributed by atoms with Crippen LogP contribution in [0.25, 0.3) is 0 Å². The number of nitrogens with zero attached hydrogens (tertiary/aromatic N) is 1. The van der Waals surface area contributed by atoms with Gasteiger partial charge in [-0.25, -0.2) is 4.98 Å². The van der Waals surface area contributed by atoms with Crippen LogP contribution in [0, 0.1) is 0 Å². The molecule has 0 saturated heterocycles. The lowest BCUT2D eigenvalue weighted by Crippen LogP contribution is -2.12. The average molecular weight is 298 g/mol. The topological polar surface area (TPSA) is 61.8 Å². The van der Waals surface area contributed by atoms with Crippen molar-refractivity contribution < 1.29 is 18.9 Å². The predicted molar refractivity (Wildman–Crippen MR) is 82.0 cm³/mol. The molecule has 0 aliphatic heterocycles. The quantitative estimate of drug-likeness (QED) is 0.562. The molecular weight excluding hydrogens is 272 g/mol. The molecule has 0 spiro atoms. The van der Waals surface area contributed by atoms with Gasteiger partial charge in [-0.15, -0.1) is 0 Å². The van der Waals surface area contributed by atoms with E-state index in [1.54, 1.807) is 13.3 Å². The molecule has 0 radical (unpaired) electrons. The first-order valence-electron chi connectivity index (χ1n) is 7.34. The second-order valence-electron chi connectivity index (χ2n) is 4.37. The highest BCUT2D eigenvalue weighted by Gasteiger charge is 1.98. The number of hydrogen-bond donors (Lipinski definition) is 1. The average Bonchev–Trinajstić information content (AvgIpc) is 2.52. The standard InChI is InChI=1S/C15H26N2O4/c1-3-5-16-15-13-14(4-6-17-15)21-12-11-20-10-9-19-8-7-18-2/h4,6,13H,3,5,7-12H2,1-2H3,(H,16,17). The molecular formula is C15H26N2O4. The van der Waals surface area contributed by atoms with Gasteiger partial charge in [0, 0.05) is 25.9 Å². The van der Waals surface area contributed by atoms with Crippen molar-refractivity contribution >= 4 is 5.82 Å². The lowest BCUT2D eigenvalue weighted by molar-refractivity contribution is 0.0180. The van der Waals surface area contributed by atoms with Crippen molar-refractivity contribution in [1.29, 1.82) is 0 Å². The molecule has 120 valence electrons. The Morgan fingerprint density at radius 3 is 2.48 bits per heavy atom. The Balaban J connectivity index is 2.04. The summed E-state index contributed by atoms with van der Waals surface area (Å²) in [5.74, 6) is 1.63. The smallest absolute Gasteiger partial charge is 0.129 e. The Kier molecular flexibility index (Phi) is 10.4. The van der Waals surface area contributed by atoms with Crippen LogP contribution in [0.3, 0.4) is 0 Å². The van der Waals surface area contributed by atoms with Gasteiger partial charge in [0.15, 0.2) is 0 Å². The first kappa shape index (κ1) is 17.7. The zero-order chi connectivity index (χ0) is 15.2. The van der Waals surface area contributed by atoms with Gasteiger partial charge in [0.2, 0.25) is 0 Å². The third kappa shape index (κ3) is 9.23. The molecule has 21 heavy (non-hydrogen) atoms. The lowest BCUT2D eigenvalue weighted by atomic mass is 10.4. The van der Waals surface area contributed by atoms with Crippen molar-refractivity contribution in [2.24, 2.45) is 0 Å². The van der Waals surface area contributed by atoms with Gasteiger partial charge >= 0.3 is 0 Å². The van der Waals surface area contributed by atoms with E-state index < -0.39 is 0 Å². The third-order valence-corrected chi connectivity index (χ3v) is 2.59. The molecule has 0 unspecified atom stereocenters. The van der Waals surface area contributed by atoms with E-state index in [2.05, 4.69) is 17.2 Å². The molecule has 0 aromatic carbocycles. The Labute approximate surface area is 126 Å².